The maximum absolute atomic E-state index is 11.2. The van der Waals surface area contributed by atoms with Gasteiger partial charge in [0.2, 0.25) is 5.91 Å². The maximum atomic E-state index is 11.2. The molecule has 0 aromatic carbocycles. The fraction of sp³-hybridized carbons (Fsp3) is 0.933. The lowest BCUT2D eigenvalue weighted by Gasteiger charge is -2.57. The zero-order chi connectivity index (χ0) is 12.8. The van der Waals surface area contributed by atoms with E-state index >= 15 is 0 Å². The molecule has 4 aliphatic carbocycles. The molecule has 4 aliphatic rings. The molecule has 1 unspecified atom stereocenters. The monoisotopic (exact) mass is 250 g/mol. The summed E-state index contributed by atoms with van der Waals surface area (Å²) in [6, 6.07) is 0.193. The molecule has 1 atom stereocenters. The van der Waals surface area contributed by atoms with Crippen molar-refractivity contribution in [1.82, 2.24) is 5.32 Å². The van der Waals surface area contributed by atoms with E-state index in [2.05, 4.69) is 5.32 Å². The standard InChI is InChI=1S/C15H26N2O/c1-10(18)17-14(9-16)8-15-5-11-2-12(6-15)4-13(3-11)7-15/h11-14H,2-9,16H2,1H3,(H,17,18). The lowest BCUT2D eigenvalue weighted by molar-refractivity contribution is -0.120. The Hall–Kier alpha value is -0.570. The van der Waals surface area contributed by atoms with Crippen LogP contribution in [0.5, 0.6) is 0 Å². The summed E-state index contributed by atoms with van der Waals surface area (Å²) in [4.78, 5) is 11.2. The van der Waals surface area contributed by atoms with Gasteiger partial charge in [-0.2, -0.15) is 0 Å². The number of rotatable bonds is 4. The average molecular weight is 250 g/mol. The van der Waals surface area contributed by atoms with Crippen molar-refractivity contribution < 1.29 is 4.79 Å². The van der Waals surface area contributed by atoms with Crippen LogP contribution in [0.1, 0.15) is 51.9 Å². The number of nitrogens with two attached hydrogens (primary N) is 1. The van der Waals surface area contributed by atoms with Gasteiger partial charge in [0.1, 0.15) is 0 Å². The first kappa shape index (κ1) is 12.5. The molecule has 0 aromatic heterocycles. The van der Waals surface area contributed by atoms with Crippen molar-refractivity contribution in [3.05, 3.63) is 0 Å². The molecular formula is C15H26N2O. The van der Waals surface area contributed by atoms with Gasteiger partial charge in [0.15, 0.2) is 0 Å². The molecule has 102 valence electrons. The first-order valence-electron chi connectivity index (χ1n) is 7.56. The molecule has 3 N–H and O–H groups in total. The van der Waals surface area contributed by atoms with E-state index in [1.54, 1.807) is 6.92 Å². The Morgan fingerprint density at radius 2 is 1.72 bits per heavy atom. The van der Waals surface area contributed by atoms with E-state index in [4.69, 9.17) is 5.73 Å². The third kappa shape index (κ3) is 2.29. The Morgan fingerprint density at radius 3 is 2.11 bits per heavy atom. The van der Waals surface area contributed by atoms with Gasteiger partial charge in [0.25, 0.3) is 0 Å². The highest BCUT2D eigenvalue weighted by Crippen LogP contribution is 2.61. The number of hydrogen-bond donors (Lipinski definition) is 2. The van der Waals surface area contributed by atoms with Gasteiger partial charge >= 0.3 is 0 Å². The third-order valence-corrected chi connectivity index (χ3v) is 5.54. The molecule has 4 rings (SSSR count). The highest BCUT2D eigenvalue weighted by atomic mass is 16.1. The Labute approximate surface area is 110 Å². The molecule has 0 aliphatic heterocycles. The van der Waals surface area contributed by atoms with Crippen LogP contribution >= 0.6 is 0 Å². The van der Waals surface area contributed by atoms with Crippen molar-refractivity contribution >= 4 is 5.91 Å². The Morgan fingerprint density at radius 1 is 1.22 bits per heavy atom. The average Bonchev–Trinajstić information content (AvgIpc) is 2.25. The maximum Gasteiger partial charge on any atom is 0.217 e. The second-order valence-electron chi connectivity index (χ2n) is 7.25. The summed E-state index contributed by atoms with van der Waals surface area (Å²) >= 11 is 0. The Bertz CT molecular complexity index is 304. The summed E-state index contributed by atoms with van der Waals surface area (Å²) in [5, 5.41) is 3.04. The largest absolute Gasteiger partial charge is 0.352 e. The lowest BCUT2D eigenvalue weighted by Crippen LogP contribution is -2.50. The first-order valence-corrected chi connectivity index (χ1v) is 7.56. The summed E-state index contributed by atoms with van der Waals surface area (Å²) < 4.78 is 0. The molecule has 4 fully saturated rings. The van der Waals surface area contributed by atoms with Crippen molar-refractivity contribution in [2.45, 2.75) is 57.9 Å². The zero-order valence-corrected chi connectivity index (χ0v) is 11.5. The van der Waals surface area contributed by atoms with Gasteiger partial charge in [-0.1, -0.05) is 0 Å². The highest BCUT2D eigenvalue weighted by Gasteiger charge is 2.51. The van der Waals surface area contributed by atoms with Crippen LogP contribution in [0.15, 0.2) is 0 Å². The van der Waals surface area contributed by atoms with Crippen LogP contribution in [0.4, 0.5) is 0 Å². The lowest BCUT2D eigenvalue weighted by atomic mass is 9.48. The van der Waals surface area contributed by atoms with Crippen LogP contribution in [0.25, 0.3) is 0 Å². The fourth-order valence-corrected chi connectivity index (χ4v) is 5.54. The van der Waals surface area contributed by atoms with E-state index < -0.39 is 0 Å². The van der Waals surface area contributed by atoms with E-state index in [-0.39, 0.29) is 11.9 Å². The van der Waals surface area contributed by atoms with Gasteiger partial charge in [0, 0.05) is 19.5 Å². The van der Waals surface area contributed by atoms with Crippen molar-refractivity contribution in [2.24, 2.45) is 28.9 Å². The molecule has 1 amide bonds. The first-order chi connectivity index (χ1) is 8.58. The number of carbonyl (C=O) groups is 1. The predicted octanol–water partition coefficient (Wildman–Crippen LogP) is 2.06. The smallest absolute Gasteiger partial charge is 0.217 e. The minimum Gasteiger partial charge on any atom is -0.352 e. The molecule has 0 aromatic rings. The Kier molecular flexibility index (Phi) is 3.13. The topological polar surface area (TPSA) is 55.1 Å². The van der Waals surface area contributed by atoms with Crippen molar-refractivity contribution in [2.75, 3.05) is 6.54 Å². The minimum absolute atomic E-state index is 0.0650. The van der Waals surface area contributed by atoms with Crippen LogP contribution < -0.4 is 11.1 Å². The number of nitrogens with one attached hydrogen (secondary N) is 1. The van der Waals surface area contributed by atoms with E-state index in [9.17, 15) is 4.79 Å². The molecule has 0 radical (unpaired) electrons. The zero-order valence-electron chi connectivity index (χ0n) is 11.5. The van der Waals surface area contributed by atoms with Crippen LogP contribution in [0.2, 0.25) is 0 Å². The fourth-order valence-electron chi connectivity index (χ4n) is 5.54. The van der Waals surface area contributed by atoms with Crippen LogP contribution in [-0.4, -0.2) is 18.5 Å². The summed E-state index contributed by atoms with van der Waals surface area (Å²) in [7, 11) is 0. The van der Waals surface area contributed by atoms with Gasteiger partial charge in [0.05, 0.1) is 0 Å². The minimum atomic E-state index is 0.0650. The highest BCUT2D eigenvalue weighted by molar-refractivity contribution is 5.73. The third-order valence-electron chi connectivity index (χ3n) is 5.54. The van der Waals surface area contributed by atoms with E-state index in [1.807, 2.05) is 0 Å². The predicted molar refractivity (Wildman–Crippen MR) is 71.9 cm³/mol. The number of carbonyl (C=O) groups excluding carboxylic acids is 1. The van der Waals surface area contributed by atoms with Crippen LogP contribution in [0.3, 0.4) is 0 Å². The molecular weight excluding hydrogens is 224 g/mol. The van der Waals surface area contributed by atoms with E-state index in [0.717, 1.165) is 24.2 Å². The second-order valence-corrected chi connectivity index (χ2v) is 7.25. The molecule has 0 saturated heterocycles. The van der Waals surface area contributed by atoms with Crippen molar-refractivity contribution in [3.63, 3.8) is 0 Å². The molecule has 3 heteroatoms. The van der Waals surface area contributed by atoms with Crippen LogP contribution in [-0.2, 0) is 4.79 Å². The normalized spacial score (nSPS) is 42.9. The molecule has 3 nitrogen and oxygen atoms in total. The van der Waals surface area contributed by atoms with Crippen molar-refractivity contribution in [1.29, 1.82) is 0 Å². The number of hydrogen-bond acceptors (Lipinski definition) is 2. The number of amides is 1. The summed E-state index contributed by atoms with van der Waals surface area (Å²) in [5.41, 5.74) is 6.35. The molecule has 4 bridgehead atoms. The molecule has 18 heavy (non-hydrogen) atoms. The summed E-state index contributed by atoms with van der Waals surface area (Å²) in [5.74, 6) is 3.00. The van der Waals surface area contributed by atoms with Gasteiger partial charge in [-0.05, 0) is 68.1 Å². The van der Waals surface area contributed by atoms with Gasteiger partial charge < -0.3 is 11.1 Å². The summed E-state index contributed by atoms with van der Waals surface area (Å²) in [6.45, 7) is 2.18. The SMILES string of the molecule is CC(=O)NC(CN)CC12CC3CC(CC(C3)C1)C2. The van der Waals surface area contributed by atoms with E-state index in [0.29, 0.717) is 12.0 Å². The molecule has 4 saturated carbocycles. The van der Waals surface area contributed by atoms with Gasteiger partial charge in [-0.15, -0.1) is 0 Å². The Balaban J connectivity index is 1.69. The molecule has 0 heterocycles. The van der Waals surface area contributed by atoms with Gasteiger partial charge in [-0.25, -0.2) is 0 Å². The van der Waals surface area contributed by atoms with Crippen molar-refractivity contribution in [3.8, 4) is 0 Å². The quantitative estimate of drug-likeness (QED) is 0.802. The molecule has 0 spiro atoms. The summed E-state index contributed by atoms with van der Waals surface area (Å²) in [6.07, 6.45) is 9.75. The van der Waals surface area contributed by atoms with E-state index in [1.165, 1.54) is 38.5 Å². The van der Waals surface area contributed by atoms with Crippen LogP contribution in [0, 0.1) is 23.2 Å². The second kappa shape index (κ2) is 4.52. The van der Waals surface area contributed by atoms with Gasteiger partial charge in [-0.3, -0.25) is 4.79 Å².